The number of amides is 1. The van der Waals surface area contributed by atoms with Gasteiger partial charge in [0.15, 0.2) is 5.13 Å². The zero-order valence-corrected chi connectivity index (χ0v) is 23.3. The van der Waals surface area contributed by atoms with Gasteiger partial charge in [-0.3, -0.25) is 9.69 Å². The van der Waals surface area contributed by atoms with Crippen molar-refractivity contribution in [3.05, 3.63) is 46.9 Å². The summed E-state index contributed by atoms with van der Waals surface area (Å²) in [6, 6.07) is 14.1. The second kappa shape index (κ2) is 14.2. The van der Waals surface area contributed by atoms with Gasteiger partial charge in [-0.25, -0.2) is 4.98 Å². The molecule has 0 aliphatic rings. The highest BCUT2D eigenvalue weighted by Crippen LogP contribution is 2.31. The lowest BCUT2D eigenvalue weighted by Gasteiger charge is -2.24. The van der Waals surface area contributed by atoms with Crippen molar-refractivity contribution in [2.24, 2.45) is 0 Å². The van der Waals surface area contributed by atoms with E-state index in [1.54, 1.807) is 30.2 Å². The molecule has 2 aromatic carbocycles. The lowest BCUT2D eigenvalue weighted by molar-refractivity contribution is -0.118. The number of likely N-dealkylation sites (N-methyl/N-ethyl adjacent to an activating group) is 1. The van der Waals surface area contributed by atoms with Gasteiger partial charge in [-0.1, -0.05) is 41.1 Å². The smallest absolute Gasteiger partial charge is 0.228 e. The first-order chi connectivity index (χ1) is 15.5. The van der Waals surface area contributed by atoms with Crippen molar-refractivity contribution >= 4 is 72.7 Å². The molecular weight excluding hydrogens is 542 g/mol. The first kappa shape index (κ1) is 27.9. The summed E-state index contributed by atoms with van der Waals surface area (Å²) in [5.41, 5.74) is 0.934. The van der Waals surface area contributed by atoms with Crippen LogP contribution in [0, 0.1) is 0 Å². The largest absolute Gasteiger partial charge is 0.497 e. The van der Waals surface area contributed by atoms with Crippen LogP contribution in [0.25, 0.3) is 10.2 Å². The van der Waals surface area contributed by atoms with Gasteiger partial charge in [-0.05, 0) is 67.7 Å². The predicted octanol–water partition coefficient (Wildman–Crippen LogP) is 6.74. The average Bonchev–Trinajstić information content (AvgIpc) is 3.22. The number of benzene rings is 2. The summed E-state index contributed by atoms with van der Waals surface area (Å²) in [5, 5.41) is 0.790. The molecule has 0 saturated heterocycles. The molecule has 0 spiro atoms. The molecule has 33 heavy (non-hydrogen) atoms. The highest BCUT2D eigenvalue weighted by atomic mass is 79.9. The average molecular weight is 573 g/mol. The van der Waals surface area contributed by atoms with Crippen molar-refractivity contribution in [1.29, 1.82) is 0 Å². The molecular formula is C24H31BrClN3O2S2. The highest BCUT2D eigenvalue weighted by molar-refractivity contribution is 9.10. The molecule has 1 amide bonds. The number of halogens is 2. The van der Waals surface area contributed by atoms with Crippen LogP contribution in [-0.4, -0.2) is 54.8 Å². The number of ether oxygens (including phenoxy) is 1. The number of thiazole rings is 1. The first-order valence-electron chi connectivity index (χ1n) is 10.9. The first-order valence-corrected chi connectivity index (χ1v) is 13.5. The van der Waals surface area contributed by atoms with Gasteiger partial charge in [0.25, 0.3) is 0 Å². The molecule has 0 N–H and O–H groups in total. The fraction of sp³-hybridized carbons (Fsp3) is 0.417. The minimum absolute atomic E-state index is 0. The second-order valence-electron chi connectivity index (χ2n) is 7.31. The van der Waals surface area contributed by atoms with Crippen molar-refractivity contribution in [1.82, 2.24) is 9.88 Å². The molecule has 3 aromatic rings. The summed E-state index contributed by atoms with van der Waals surface area (Å²) in [4.78, 5) is 23.4. The molecule has 1 aromatic heterocycles. The summed E-state index contributed by atoms with van der Waals surface area (Å²) in [7, 11) is 1.67. The van der Waals surface area contributed by atoms with Crippen LogP contribution in [0.3, 0.4) is 0 Å². The molecule has 1 heterocycles. The van der Waals surface area contributed by atoms with Gasteiger partial charge >= 0.3 is 0 Å². The van der Waals surface area contributed by atoms with Gasteiger partial charge in [0.1, 0.15) is 5.75 Å². The Kier molecular flexibility index (Phi) is 12.0. The number of fused-ring (bicyclic) bond motifs is 1. The van der Waals surface area contributed by atoms with Crippen LogP contribution >= 0.6 is 51.4 Å². The Morgan fingerprint density at radius 2 is 1.85 bits per heavy atom. The summed E-state index contributed by atoms with van der Waals surface area (Å²) < 4.78 is 7.32. The van der Waals surface area contributed by atoms with Gasteiger partial charge in [0, 0.05) is 28.9 Å². The molecule has 0 bridgehead atoms. The third kappa shape index (κ3) is 8.14. The van der Waals surface area contributed by atoms with Crippen molar-refractivity contribution in [2.45, 2.75) is 31.6 Å². The van der Waals surface area contributed by atoms with E-state index in [-0.39, 0.29) is 18.3 Å². The third-order valence-electron chi connectivity index (χ3n) is 5.27. The zero-order chi connectivity index (χ0) is 22.9. The maximum atomic E-state index is 13.2. The second-order valence-corrected chi connectivity index (χ2v) is 10.4. The Balaban J connectivity index is 0.00000385. The minimum Gasteiger partial charge on any atom is -0.497 e. The number of rotatable bonds is 12. The lowest BCUT2D eigenvalue weighted by atomic mass is 10.3. The topological polar surface area (TPSA) is 45.7 Å². The van der Waals surface area contributed by atoms with E-state index in [1.165, 1.54) is 4.90 Å². The van der Waals surface area contributed by atoms with Crippen molar-refractivity contribution < 1.29 is 9.53 Å². The molecule has 0 saturated carbocycles. The van der Waals surface area contributed by atoms with Crippen LogP contribution in [-0.2, 0) is 4.79 Å². The Bertz CT molecular complexity index is 1010. The molecule has 3 rings (SSSR count). The molecule has 9 heteroatoms. The lowest BCUT2D eigenvalue weighted by Crippen LogP contribution is -2.38. The molecule has 0 atom stereocenters. The normalized spacial score (nSPS) is 10.9. The Labute approximate surface area is 219 Å². The van der Waals surface area contributed by atoms with Crippen molar-refractivity contribution in [3.8, 4) is 5.75 Å². The highest BCUT2D eigenvalue weighted by Gasteiger charge is 2.20. The number of nitrogens with zero attached hydrogens (tertiary/aromatic N) is 3. The van der Waals surface area contributed by atoms with Gasteiger partial charge in [-0.2, -0.15) is 0 Å². The van der Waals surface area contributed by atoms with Crippen LogP contribution in [0.4, 0.5) is 5.13 Å². The van der Waals surface area contributed by atoms with E-state index in [0.29, 0.717) is 13.0 Å². The minimum atomic E-state index is 0. The molecule has 0 radical (unpaired) electrons. The molecule has 5 nitrogen and oxygen atoms in total. The van der Waals surface area contributed by atoms with Crippen LogP contribution in [0.15, 0.2) is 51.8 Å². The molecule has 0 fully saturated rings. The SMILES string of the molecule is CCN(CC)CCN(C(=O)CCCSc1ccc(OC)cc1)c1nc2ccc(Br)cc2s1.Cl. The van der Waals surface area contributed by atoms with Gasteiger partial charge in [0.05, 0.1) is 17.3 Å². The van der Waals surface area contributed by atoms with E-state index in [4.69, 9.17) is 9.72 Å². The number of carbonyl (C=O) groups excluding carboxylic acids is 1. The van der Waals surface area contributed by atoms with Gasteiger partial charge < -0.3 is 9.64 Å². The summed E-state index contributed by atoms with van der Waals surface area (Å²) in [5.74, 6) is 1.90. The quantitative estimate of drug-likeness (QED) is 0.178. The van der Waals surface area contributed by atoms with Crippen molar-refractivity contribution in [3.63, 3.8) is 0 Å². The van der Waals surface area contributed by atoms with Crippen LogP contribution in [0.2, 0.25) is 0 Å². The van der Waals surface area contributed by atoms with E-state index < -0.39 is 0 Å². The van der Waals surface area contributed by atoms with Gasteiger partial charge in [-0.15, -0.1) is 24.2 Å². The standard InChI is InChI=1S/C24H30BrN3O2S2.ClH/c1-4-27(5-2)14-15-28(24-26-21-13-8-18(25)17-22(21)32-24)23(29)7-6-16-31-20-11-9-19(30-3)10-12-20;/h8-13,17H,4-7,14-16H2,1-3H3;1H. The predicted molar refractivity (Wildman–Crippen MR) is 148 cm³/mol. The van der Waals surface area contributed by atoms with Crippen LogP contribution < -0.4 is 9.64 Å². The number of anilines is 1. The molecule has 0 unspecified atom stereocenters. The van der Waals surface area contributed by atoms with E-state index in [0.717, 1.165) is 57.4 Å². The molecule has 0 aliphatic carbocycles. The van der Waals surface area contributed by atoms with Crippen LogP contribution in [0.5, 0.6) is 5.75 Å². The Morgan fingerprint density at radius 1 is 1.12 bits per heavy atom. The Hall–Kier alpha value is -1.32. The van der Waals surface area contributed by atoms with E-state index >= 15 is 0 Å². The van der Waals surface area contributed by atoms with E-state index in [1.807, 2.05) is 29.2 Å². The van der Waals surface area contributed by atoms with Gasteiger partial charge in [0.2, 0.25) is 5.91 Å². The maximum absolute atomic E-state index is 13.2. The number of hydrogen-bond acceptors (Lipinski definition) is 6. The number of carbonyl (C=O) groups is 1. The number of methoxy groups -OCH3 is 1. The zero-order valence-electron chi connectivity index (χ0n) is 19.3. The Morgan fingerprint density at radius 3 is 2.52 bits per heavy atom. The van der Waals surface area contributed by atoms with Crippen LogP contribution in [0.1, 0.15) is 26.7 Å². The molecule has 0 aliphatic heterocycles. The third-order valence-corrected chi connectivity index (χ3v) is 7.90. The fourth-order valence-corrected chi connectivity index (χ4v) is 5.74. The summed E-state index contributed by atoms with van der Waals surface area (Å²) >= 11 is 6.88. The maximum Gasteiger partial charge on any atom is 0.228 e. The van der Waals surface area contributed by atoms with Crippen molar-refractivity contribution in [2.75, 3.05) is 43.9 Å². The number of aromatic nitrogens is 1. The number of thioether (sulfide) groups is 1. The summed E-state index contributed by atoms with van der Waals surface area (Å²) in [6.07, 6.45) is 1.34. The monoisotopic (exact) mass is 571 g/mol. The summed E-state index contributed by atoms with van der Waals surface area (Å²) in [6.45, 7) is 7.77. The number of hydrogen-bond donors (Lipinski definition) is 0. The van der Waals surface area contributed by atoms with E-state index in [9.17, 15) is 4.79 Å². The fourth-order valence-electron chi connectivity index (χ4n) is 3.33. The molecule has 180 valence electrons. The van der Waals surface area contributed by atoms with E-state index in [2.05, 4.69) is 52.9 Å².